The lowest BCUT2D eigenvalue weighted by atomic mass is 10.1. The lowest BCUT2D eigenvalue weighted by molar-refractivity contribution is 0.671. The van der Waals surface area contributed by atoms with E-state index in [2.05, 4.69) is 228 Å². The smallest absolute Gasteiger partial charge is 0.184 e. The fourth-order valence-electron chi connectivity index (χ4n) is 10.0. The van der Waals surface area contributed by atoms with Gasteiger partial charge in [-0.3, -0.25) is 0 Å². The minimum absolute atomic E-state index is 0.912. The summed E-state index contributed by atoms with van der Waals surface area (Å²) in [5.41, 5.74) is 10.2. The van der Waals surface area contributed by atoms with E-state index in [4.69, 9.17) is 4.42 Å². The molecule has 0 aliphatic carbocycles. The van der Waals surface area contributed by atoms with Gasteiger partial charge in [-0.15, -0.1) is 0 Å². The molecule has 0 bridgehead atoms. The molecule has 0 saturated carbocycles. The Labute approximate surface area is 342 Å². The quantitative estimate of drug-likeness (QED) is 0.122. The maximum absolute atomic E-state index is 6.92. The molecule has 59 heavy (non-hydrogen) atoms. The van der Waals surface area contributed by atoms with Crippen molar-refractivity contribution in [1.82, 2.24) is 9.13 Å². The first-order valence-corrected chi connectivity index (χ1v) is 22.3. The molecule has 12 rings (SSSR count). The molecule has 0 aliphatic rings. The number of aromatic nitrogens is 2. The fraction of sp³-hybridized carbons (Fsp3) is 0.0182. The third-order valence-electron chi connectivity index (χ3n) is 12.5. The normalized spacial score (nSPS) is 13.0. The van der Waals surface area contributed by atoms with E-state index in [1.165, 1.54) is 69.9 Å². The summed E-state index contributed by atoms with van der Waals surface area (Å²) >= 11 is 0. The zero-order valence-electron chi connectivity index (χ0n) is 32.5. The van der Waals surface area contributed by atoms with Gasteiger partial charge in [-0.25, -0.2) is 0 Å². The van der Waals surface area contributed by atoms with Gasteiger partial charge in [0.15, 0.2) is 8.07 Å². The van der Waals surface area contributed by atoms with Gasteiger partial charge in [-0.2, -0.15) is 0 Å². The monoisotopic (exact) mass is 770 g/mol. The van der Waals surface area contributed by atoms with Crippen molar-refractivity contribution in [2.24, 2.45) is 0 Å². The van der Waals surface area contributed by atoms with E-state index in [9.17, 15) is 0 Å². The van der Waals surface area contributed by atoms with Crippen molar-refractivity contribution in [3.63, 3.8) is 0 Å². The summed E-state index contributed by atoms with van der Waals surface area (Å²) in [7, 11) is -3.05. The summed E-state index contributed by atoms with van der Waals surface area (Å²) in [6.07, 6.45) is 0. The Bertz CT molecular complexity index is 3540. The van der Waals surface area contributed by atoms with Gasteiger partial charge in [-0.05, 0) is 82.3 Å². The third-order valence-corrected chi connectivity index (χ3v) is 17.3. The van der Waals surface area contributed by atoms with Gasteiger partial charge >= 0.3 is 0 Å². The van der Waals surface area contributed by atoms with Crippen LogP contribution in [-0.4, -0.2) is 17.2 Å². The van der Waals surface area contributed by atoms with Crippen molar-refractivity contribution in [2.75, 3.05) is 0 Å². The number of aryl methyl sites for hydroxylation is 1. The van der Waals surface area contributed by atoms with Crippen LogP contribution in [0.5, 0.6) is 0 Å². The number of furan rings is 1. The minimum Gasteiger partial charge on any atom is -0.456 e. The Morgan fingerprint density at radius 1 is 0.356 bits per heavy atom. The van der Waals surface area contributed by atoms with Crippen LogP contribution >= 0.6 is 0 Å². The molecule has 1 atom stereocenters. The van der Waals surface area contributed by atoms with Crippen LogP contribution in [0.25, 0.3) is 76.9 Å². The van der Waals surface area contributed by atoms with Gasteiger partial charge in [0.1, 0.15) is 11.2 Å². The summed E-state index contributed by atoms with van der Waals surface area (Å²) in [4.78, 5) is 0. The lowest BCUT2D eigenvalue weighted by Crippen LogP contribution is -2.75. The van der Waals surface area contributed by atoms with Gasteiger partial charge in [0, 0.05) is 43.7 Å². The van der Waals surface area contributed by atoms with Crippen molar-refractivity contribution >= 4 is 94.4 Å². The zero-order chi connectivity index (χ0) is 39.1. The van der Waals surface area contributed by atoms with Gasteiger partial charge in [0.05, 0.1) is 22.1 Å². The molecule has 278 valence electrons. The van der Waals surface area contributed by atoms with Crippen LogP contribution in [0.15, 0.2) is 217 Å². The molecule has 0 fully saturated rings. The van der Waals surface area contributed by atoms with Crippen molar-refractivity contribution in [3.8, 4) is 11.4 Å². The maximum Gasteiger partial charge on any atom is 0.184 e. The average molecular weight is 771 g/mol. The molecule has 4 heteroatoms. The van der Waals surface area contributed by atoms with Crippen LogP contribution in [-0.2, 0) is 0 Å². The topological polar surface area (TPSA) is 23.0 Å². The van der Waals surface area contributed by atoms with E-state index in [0.717, 1.165) is 33.3 Å². The van der Waals surface area contributed by atoms with E-state index in [0.29, 0.717) is 0 Å². The predicted octanol–water partition coefficient (Wildman–Crippen LogP) is 11.5. The van der Waals surface area contributed by atoms with Gasteiger partial charge in [0.2, 0.25) is 0 Å². The summed E-state index contributed by atoms with van der Waals surface area (Å²) in [6, 6.07) is 78.3. The number of hydrogen-bond acceptors (Lipinski definition) is 1. The molecule has 12 aromatic rings. The molecule has 0 saturated heterocycles. The van der Waals surface area contributed by atoms with Crippen LogP contribution in [0.4, 0.5) is 0 Å². The Balaban J connectivity index is 1.14. The molecule has 1 unspecified atom stereocenters. The second kappa shape index (κ2) is 13.1. The van der Waals surface area contributed by atoms with Gasteiger partial charge < -0.3 is 13.6 Å². The van der Waals surface area contributed by atoms with Crippen LogP contribution in [0.1, 0.15) is 5.56 Å². The van der Waals surface area contributed by atoms with Gasteiger partial charge in [-0.1, -0.05) is 163 Å². The molecule has 3 heterocycles. The van der Waals surface area contributed by atoms with E-state index in [-0.39, 0.29) is 0 Å². The number of fused-ring (bicyclic) bond motifs is 9. The van der Waals surface area contributed by atoms with E-state index in [1.807, 2.05) is 0 Å². The highest BCUT2D eigenvalue weighted by Crippen LogP contribution is 2.37. The highest BCUT2D eigenvalue weighted by molar-refractivity contribution is 7.20. The summed E-state index contributed by atoms with van der Waals surface area (Å²) in [5.74, 6) is 0. The summed E-state index contributed by atoms with van der Waals surface area (Å²) in [5, 5.41) is 12.5. The van der Waals surface area contributed by atoms with Crippen molar-refractivity contribution in [1.29, 1.82) is 0 Å². The van der Waals surface area contributed by atoms with E-state index < -0.39 is 8.07 Å². The third kappa shape index (κ3) is 4.94. The van der Waals surface area contributed by atoms with E-state index in [1.54, 1.807) is 0 Å². The number of benzene rings is 9. The first-order chi connectivity index (χ1) is 29.2. The average Bonchev–Trinajstić information content (AvgIpc) is 3.95. The minimum atomic E-state index is -3.05. The molecule has 0 radical (unpaired) electrons. The Kier molecular flexibility index (Phi) is 7.47. The first-order valence-electron chi connectivity index (χ1n) is 20.3. The molecule has 0 aliphatic heterocycles. The number of rotatable bonds is 6. The molecule has 9 aromatic carbocycles. The van der Waals surface area contributed by atoms with Crippen molar-refractivity contribution < 1.29 is 4.42 Å². The Hall–Kier alpha value is -7.40. The highest BCUT2D eigenvalue weighted by Gasteiger charge is 2.44. The Morgan fingerprint density at radius 2 is 0.864 bits per heavy atom. The largest absolute Gasteiger partial charge is 0.456 e. The molecule has 3 aromatic heterocycles. The molecule has 3 nitrogen and oxygen atoms in total. The fourth-order valence-corrected chi connectivity index (χ4v) is 15.0. The second-order valence-electron chi connectivity index (χ2n) is 15.7. The number of para-hydroxylation sites is 5. The van der Waals surface area contributed by atoms with E-state index >= 15 is 0 Å². The molecule has 0 N–H and O–H groups in total. The van der Waals surface area contributed by atoms with Crippen LogP contribution in [0.3, 0.4) is 0 Å². The number of nitrogens with zero attached hydrogens (tertiary/aromatic N) is 2. The van der Waals surface area contributed by atoms with Crippen molar-refractivity contribution in [2.45, 2.75) is 6.92 Å². The van der Waals surface area contributed by atoms with Crippen LogP contribution in [0.2, 0.25) is 0 Å². The summed E-state index contributed by atoms with van der Waals surface area (Å²) in [6.45, 7) is 2.21. The first kappa shape index (κ1) is 33.7. The second-order valence-corrected chi connectivity index (χ2v) is 19.5. The highest BCUT2D eigenvalue weighted by atomic mass is 28.3. The Morgan fingerprint density at radius 3 is 1.56 bits per heavy atom. The lowest BCUT2D eigenvalue weighted by Gasteiger charge is -2.35. The summed E-state index contributed by atoms with van der Waals surface area (Å²) < 4.78 is 11.8. The molecular weight excluding hydrogens is 733 g/mol. The predicted molar refractivity (Wildman–Crippen MR) is 251 cm³/mol. The maximum atomic E-state index is 6.92. The van der Waals surface area contributed by atoms with Crippen LogP contribution < -0.4 is 20.7 Å². The SMILES string of the molecule is Cc1cccc([Si](c2ccccc2)(c2cccc(-n3c4ccccc4c4cc(-n5c6ccccc6c6ccccc65)ccc43)c2)c2cccc3c2oc2ccccc23)c1. The molecule has 0 amide bonds. The van der Waals surface area contributed by atoms with Crippen LogP contribution in [0, 0.1) is 6.92 Å². The van der Waals surface area contributed by atoms with Gasteiger partial charge in [0.25, 0.3) is 0 Å². The van der Waals surface area contributed by atoms with Crippen molar-refractivity contribution in [3.05, 3.63) is 218 Å². The zero-order valence-corrected chi connectivity index (χ0v) is 33.5. The standard InChI is InChI=1S/C55H38N2OSi/c1-37-16-13-20-41(34-37)59(40-18-3-2-4-19-40,54-31-15-26-47-46-25-8-12-30-53(46)58-55(47)54)42-21-14-17-38(35-42)56-51-29-11-7-24-45(51)48-36-39(32-33-52(48)56)57-49-27-9-5-22-43(49)44-23-6-10-28-50(44)57/h2-36H,1H3. The number of hydrogen-bond donors (Lipinski definition) is 0. The molecule has 0 spiro atoms. The molecular formula is C55H38N2OSi.